The van der Waals surface area contributed by atoms with E-state index in [1.807, 2.05) is 18.4 Å². The molecule has 2 aromatic carbocycles. The number of anilines is 2. The van der Waals surface area contributed by atoms with Crippen LogP contribution in [0.5, 0.6) is 0 Å². The lowest BCUT2D eigenvalue weighted by molar-refractivity contribution is 0.105. The molecule has 1 atom stereocenters. The van der Waals surface area contributed by atoms with Crippen LogP contribution < -0.4 is 15.1 Å². The van der Waals surface area contributed by atoms with Crippen molar-refractivity contribution in [1.29, 1.82) is 0 Å². The van der Waals surface area contributed by atoms with Crippen LogP contribution in [-0.2, 0) is 11.3 Å². The number of likely N-dealkylation sites (tertiary alicyclic amines) is 1. The van der Waals surface area contributed by atoms with Gasteiger partial charge in [0, 0.05) is 86.2 Å². The van der Waals surface area contributed by atoms with Crippen molar-refractivity contribution in [1.82, 2.24) is 30.2 Å². The first kappa shape index (κ1) is 39.2. The Morgan fingerprint density at radius 3 is 1.72 bits per heavy atom. The molecule has 3 saturated heterocycles. The lowest BCUT2D eigenvalue weighted by atomic mass is 9.96. The van der Waals surface area contributed by atoms with Crippen molar-refractivity contribution in [2.75, 3.05) is 69.3 Å². The van der Waals surface area contributed by atoms with Gasteiger partial charge in [-0.3, -0.25) is 0 Å². The average Bonchev–Trinajstić information content (AvgIpc) is 4.13. The number of fused-ring (bicyclic) bond motifs is 2. The Bertz CT molecular complexity index is 2330. The first-order valence-electron chi connectivity index (χ1n) is 20.7. The monoisotopic (exact) mass is 828 g/mol. The van der Waals surface area contributed by atoms with Crippen LogP contribution in [0.1, 0.15) is 37.0 Å². The summed E-state index contributed by atoms with van der Waals surface area (Å²) in [6.07, 6.45) is 9.91. The second-order valence-corrected chi connectivity index (χ2v) is 18.5. The van der Waals surface area contributed by atoms with Gasteiger partial charge in [0.05, 0.1) is 16.9 Å². The zero-order valence-electron chi connectivity index (χ0n) is 33.2. The number of hydrogen-bond donors (Lipinski definition) is 1. The minimum absolute atomic E-state index is 0.430. The van der Waals surface area contributed by atoms with E-state index in [4.69, 9.17) is 14.7 Å². The molecule has 0 bridgehead atoms. The maximum Gasteiger partial charge on any atom is 0.141 e. The zero-order valence-corrected chi connectivity index (χ0v) is 35.7. The molecule has 3 aliphatic heterocycles. The third-order valence-electron chi connectivity index (χ3n) is 12.1. The molecule has 0 amide bonds. The summed E-state index contributed by atoms with van der Waals surface area (Å²) in [7, 11) is 1.84. The number of nitrogens with one attached hydrogen (secondary N) is 1. The van der Waals surface area contributed by atoms with E-state index in [0.717, 1.165) is 78.9 Å². The van der Waals surface area contributed by atoms with Crippen molar-refractivity contribution in [3.8, 4) is 22.3 Å². The highest BCUT2D eigenvalue weighted by Crippen LogP contribution is 2.40. The molecule has 300 valence electrons. The maximum atomic E-state index is 5.52. The van der Waals surface area contributed by atoms with E-state index in [0.29, 0.717) is 6.10 Å². The predicted molar refractivity (Wildman–Crippen MR) is 243 cm³/mol. The van der Waals surface area contributed by atoms with Crippen LogP contribution in [0.3, 0.4) is 0 Å². The summed E-state index contributed by atoms with van der Waals surface area (Å²) in [5, 5.41) is 12.6. The van der Waals surface area contributed by atoms with Gasteiger partial charge in [-0.1, -0.05) is 66.7 Å². The Labute approximate surface area is 353 Å². The average molecular weight is 829 g/mol. The lowest BCUT2D eigenvalue weighted by Gasteiger charge is -2.35. The smallest absolute Gasteiger partial charge is 0.141 e. The standard InChI is InChI=1S/C23H28N4OS.C23H24N4S2/c1-28-19-9-10-26(14-19)13-17-7-11-27(12-8-17)22-21-20(18-5-3-2-4-6-18)15-29-23(21)25-16-24-22;1-2-5-18(6-3-1)20-15-29-23-21(20)22(25-16-26-23)27-10-8-17(9-11-27)13-24-14-19-7-4-12-28-19/h2-6,15-17,19H,7-14H2,1H3;1-7,12,15-17,24H,8-11,13-14H2. The van der Waals surface area contributed by atoms with Crippen LogP contribution in [-0.4, -0.2) is 90.4 Å². The fourth-order valence-electron chi connectivity index (χ4n) is 8.87. The highest BCUT2D eigenvalue weighted by Gasteiger charge is 2.28. The van der Waals surface area contributed by atoms with E-state index in [1.165, 1.54) is 83.1 Å². The molecule has 0 saturated carbocycles. The number of thiophene rings is 3. The Kier molecular flexibility index (Phi) is 12.7. The molecular weight excluding hydrogens is 777 g/mol. The molecule has 9 nitrogen and oxygen atoms in total. The molecule has 1 unspecified atom stereocenters. The van der Waals surface area contributed by atoms with Crippen molar-refractivity contribution in [2.45, 2.75) is 44.8 Å². The lowest BCUT2D eigenvalue weighted by Crippen LogP contribution is -2.39. The summed E-state index contributed by atoms with van der Waals surface area (Å²) in [4.78, 5) is 29.6. The summed E-state index contributed by atoms with van der Waals surface area (Å²) in [5.74, 6) is 3.71. The molecule has 5 aromatic heterocycles. The number of hydrogen-bond acceptors (Lipinski definition) is 12. The first-order valence-corrected chi connectivity index (χ1v) is 23.4. The van der Waals surface area contributed by atoms with E-state index in [1.54, 1.807) is 35.3 Å². The second kappa shape index (κ2) is 18.7. The molecule has 3 fully saturated rings. The SMILES string of the molecule is COC1CCN(CC2CCN(c3ncnc4scc(-c5ccccc5)c34)CC2)C1.c1ccc(-c2csc3ncnc(N4CCC(CNCc5cccs5)CC4)c23)cc1. The van der Waals surface area contributed by atoms with Gasteiger partial charge in [0.25, 0.3) is 0 Å². The number of methoxy groups -OCH3 is 1. The van der Waals surface area contributed by atoms with Crippen LogP contribution >= 0.6 is 34.0 Å². The van der Waals surface area contributed by atoms with Crippen LogP contribution in [0.15, 0.2) is 102 Å². The number of aromatic nitrogens is 4. The molecule has 12 heteroatoms. The molecule has 58 heavy (non-hydrogen) atoms. The van der Waals surface area contributed by atoms with Crippen molar-refractivity contribution >= 4 is 66.1 Å². The maximum absolute atomic E-state index is 5.52. The number of piperidine rings is 2. The highest BCUT2D eigenvalue weighted by molar-refractivity contribution is 7.17. The number of ether oxygens (including phenoxy) is 1. The summed E-state index contributed by atoms with van der Waals surface area (Å²) in [6, 6.07) is 25.5. The van der Waals surface area contributed by atoms with E-state index >= 15 is 0 Å². The van der Waals surface area contributed by atoms with Crippen LogP contribution in [0.2, 0.25) is 0 Å². The summed E-state index contributed by atoms with van der Waals surface area (Å²) in [5.41, 5.74) is 4.99. The third kappa shape index (κ3) is 8.97. The van der Waals surface area contributed by atoms with Gasteiger partial charge >= 0.3 is 0 Å². The molecule has 0 aliphatic carbocycles. The number of nitrogens with zero attached hydrogens (tertiary/aromatic N) is 7. The Balaban J connectivity index is 0.000000150. The zero-order chi connectivity index (χ0) is 39.1. The normalized spacial score (nSPS) is 18.3. The van der Waals surface area contributed by atoms with Crippen molar-refractivity contribution in [2.24, 2.45) is 11.8 Å². The van der Waals surface area contributed by atoms with E-state index < -0.39 is 0 Å². The van der Waals surface area contributed by atoms with Gasteiger partial charge in [-0.2, -0.15) is 0 Å². The van der Waals surface area contributed by atoms with Gasteiger partial charge in [-0.05, 0) is 73.1 Å². The Morgan fingerprint density at radius 2 is 1.21 bits per heavy atom. The topological polar surface area (TPSA) is 82.5 Å². The van der Waals surface area contributed by atoms with Crippen molar-refractivity contribution < 1.29 is 4.74 Å². The van der Waals surface area contributed by atoms with Gasteiger partial charge < -0.3 is 24.8 Å². The van der Waals surface area contributed by atoms with E-state index in [9.17, 15) is 0 Å². The molecule has 8 heterocycles. The molecule has 1 N–H and O–H groups in total. The largest absolute Gasteiger partial charge is 0.380 e. The van der Waals surface area contributed by atoms with Gasteiger partial charge in [0.15, 0.2) is 0 Å². The molecule has 3 aliphatic rings. The first-order chi connectivity index (χ1) is 28.7. The van der Waals surface area contributed by atoms with E-state index in [2.05, 4.69) is 119 Å². The second-order valence-electron chi connectivity index (χ2n) is 15.8. The quantitative estimate of drug-likeness (QED) is 0.137. The molecule has 10 rings (SSSR count). The summed E-state index contributed by atoms with van der Waals surface area (Å²) >= 11 is 5.25. The molecule has 7 aromatic rings. The van der Waals surface area contributed by atoms with Gasteiger partial charge in [-0.25, -0.2) is 19.9 Å². The summed E-state index contributed by atoms with van der Waals surface area (Å²) in [6.45, 7) is 9.83. The van der Waals surface area contributed by atoms with Gasteiger partial charge in [0.2, 0.25) is 0 Å². The predicted octanol–water partition coefficient (Wildman–Crippen LogP) is 9.72. The Morgan fingerprint density at radius 1 is 0.638 bits per heavy atom. The molecular formula is C46H52N8OS3. The van der Waals surface area contributed by atoms with Crippen molar-refractivity contribution in [3.05, 3.63) is 106 Å². The van der Waals surface area contributed by atoms with Crippen LogP contribution in [0.4, 0.5) is 11.6 Å². The van der Waals surface area contributed by atoms with Gasteiger partial charge in [-0.15, -0.1) is 34.0 Å². The number of benzene rings is 2. The highest BCUT2D eigenvalue weighted by atomic mass is 32.1. The van der Waals surface area contributed by atoms with Crippen LogP contribution in [0, 0.1) is 11.8 Å². The minimum atomic E-state index is 0.430. The number of rotatable bonds is 11. The van der Waals surface area contributed by atoms with Crippen molar-refractivity contribution in [3.63, 3.8) is 0 Å². The third-order valence-corrected chi connectivity index (χ3v) is 14.7. The van der Waals surface area contributed by atoms with Crippen LogP contribution in [0.25, 0.3) is 42.7 Å². The fraction of sp³-hybridized carbons (Fsp3) is 0.391. The van der Waals surface area contributed by atoms with Gasteiger partial charge in [0.1, 0.15) is 34.0 Å². The Hall–Kier alpha value is -4.30. The molecule has 0 spiro atoms. The minimum Gasteiger partial charge on any atom is -0.380 e. The summed E-state index contributed by atoms with van der Waals surface area (Å²) < 4.78 is 5.52. The van der Waals surface area contributed by atoms with E-state index in [-0.39, 0.29) is 0 Å². The fourth-order valence-corrected chi connectivity index (χ4v) is 11.4. The molecule has 0 radical (unpaired) electrons.